The molecule has 0 amide bonds. The van der Waals surface area contributed by atoms with Crippen LogP contribution in [-0.4, -0.2) is 36.4 Å². The topological polar surface area (TPSA) is 72.8 Å². The van der Waals surface area contributed by atoms with Crippen molar-refractivity contribution in [3.63, 3.8) is 0 Å². The largest absolute Gasteiger partial charge is 0.462 e. The van der Waals surface area contributed by atoms with Crippen molar-refractivity contribution >= 4 is 11.9 Å². The van der Waals surface area contributed by atoms with Crippen LogP contribution in [0.3, 0.4) is 0 Å². The van der Waals surface area contributed by atoms with Crippen LogP contribution in [0.25, 0.3) is 0 Å². The van der Waals surface area contributed by atoms with E-state index in [2.05, 4.69) is 13.8 Å². The zero-order chi connectivity index (χ0) is 30.1. The Bertz CT molecular complexity index is 589. The molecule has 0 spiro atoms. The van der Waals surface area contributed by atoms with E-state index in [9.17, 15) is 14.7 Å². The highest BCUT2D eigenvalue weighted by molar-refractivity contribution is 5.82. The molecule has 0 aliphatic heterocycles. The average molecular weight is 581 g/mol. The molecule has 41 heavy (non-hydrogen) atoms. The maximum atomic E-state index is 12.0. The summed E-state index contributed by atoms with van der Waals surface area (Å²) in [7, 11) is 0. The van der Waals surface area contributed by atoms with Crippen LogP contribution < -0.4 is 0 Å². The lowest BCUT2D eigenvalue weighted by Gasteiger charge is -2.14. The first kappa shape index (κ1) is 39.6. The summed E-state index contributed by atoms with van der Waals surface area (Å²) in [6.45, 7) is 4.07. The maximum Gasteiger partial charge on any atom is 0.330 e. The van der Waals surface area contributed by atoms with Crippen molar-refractivity contribution in [3.8, 4) is 0 Å². The maximum absolute atomic E-state index is 12.0. The van der Waals surface area contributed by atoms with E-state index in [1.54, 1.807) is 0 Å². The van der Waals surface area contributed by atoms with Gasteiger partial charge in [-0.1, -0.05) is 168 Å². The van der Waals surface area contributed by atoms with Gasteiger partial charge in [0.25, 0.3) is 0 Å². The van der Waals surface area contributed by atoms with Gasteiger partial charge >= 0.3 is 11.9 Å². The van der Waals surface area contributed by atoms with Gasteiger partial charge in [0.05, 0.1) is 6.61 Å². The number of hydrogen-bond donors (Lipinski definition) is 1. The van der Waals surface area contributed by atoms with E-state index in [0.717, 1.165) is 32.1 Å². The highest BCUT2D eigenvalue weighted by atomic mass is 16.6. The summed E-state index contributed by atoms with van der Waals surface area (Å²) in [6, 6.07) is 0. The van der Waals surface area contributed by atoms with E-state index in [-0.39, 0.29) is 19.2 Å². The van der Waals surface area contributed by atoms with Crippen molar-refractivity contribution in [2.45, 2.75) is 193 Å². The molecule has 5 nitrogen and oxygen atoms in total. The van der Waals surface area contributed by atoms with Crippen molar-refractivity contribution in [2.24, 2.45) is 0 Å². The molecule has 1 N–H and O–H groups in total. The predicted molar refractivity (Wildman–Crippen MR) is 173 cm³/mol. The molecule has 0 rings (SSSR count). The Kier molecular flexibility index (Phi) is 32.0. The van der Waals surface area contributed by atoms with Crippen molar-refractivity contribution < 1.29 is 24.2 Å². The van der Waals surface area contributed by atoms with Gasteiger partial charge in [-0.2, -0.15) is 0 Å². The number of unbranched alkanes of at least 4 members (excludes halogenated alkanes) is 24. The smallest absolute Gasteiger partial charge is 0.330 e. The SMILES string of the molecule is CCCCCCCCCCCCCCCC=CC(=O)OC(CO)COC(=O)CCCCCCCCCCCCCC. The molecule has 0 aromatic heterocycles. The molecule has 0 saturated heterocycles. The van der Waals surface area contributed by atoms with Gasteiger partial charge < -0.3 is 14.6 Å². The molecule has 0 saturated carbocycles. The number of rotatable bonds is 32. The Labute approximate surface area is 254 Å². The molecule has 0 aliphatic rings. The molecule has 0 heterocycles. The number of esters is 2. The van der Waals surface area contributed by atoms with Crippen molar-refractivity contribution in [2.75, 3.05) is 13.2 Å². The van der Waals surface area contributed by atoms with E-state index in [1.165, 1.54) is 141 Å². The third-order valence-corrected chi connectivity index (χ3v) is 7.88. The minimum Gasteiger partial charge on any atom is -0.462 e. The van der Waals surface area contributed by atoms with Gasteiger partial charge in [0.15, 0.2) is 6.10 Å². The summed E-state index contributed by atoms with van der Waals surface area (Å²) in [5, 5.41) is 9.49. The van der Waals surface area contributed by atoms with Gasteiger partial charge in [0.2, 0.25) is 0 Å². The lowest BCUT2D eigenvalue weighted by Crippen LogP contribution is -2.27. The van der Waals surface area contributed by atoms with Crippen LogP contribution in [0.4, 0.5) is 0 Å². The predicted octanol–water partition coefficient (Wildman–Crippen LogP) is 10.6. The van der Waals surface area contributed by atoms with Gasteiger partial charge in [-0.25, -0.2) is 4.79 Å². The van der Waals surface area contributed by atoms with E-state index >= 15 is 0 Å². The van der Waals surface area contributed by atoms with Crippen LogP contribution >= 0.6 is 0 Å². The van der Waals surface area contributed by atoms with Gasteiger partial charge in [0.1, 0.15) is 6.61 Å². The summed E-state index contributed by atoms with van der Waals surface area (Å²) in [5.74, 6) is -0.778. The summed E-state index contributed by atoms with van der Waals surface area (Å²) < 4.78 is 10.5. The zero-order valence-corrected chi connectivity index (χ0v) is 27.3. The lowest BCUT2D eigenvalue weighted by atomic mass is 10.0. The van der Waals surface area contributed by atoms with E-state index in [0.29, 0.717) is 6.42 Å². The van der Waals surface area contributed by atoms with Crippen LogP contribution in [0.1, 0.15) is 187 Å². The first-order valence-corrected chi connectivity index (χ1v) is 17.8. The summed E-state index contributed by atoms with van der Waals surface area (Å²) >= 11 is 0. The number of carbonyl (C=O) groups is 2. The number of allylic oxidation sites excluding steroid dienone is 1. The first-order chi connectivity index (χ1) is 20.1. The van der Waals surface area contributed by atoms with Crippen LogP contribution in [0.5, 0.6) is 0 Å². The van der Waals surface area contributed by atoms with Crippen LogP contribution in [0.15, 0.2) is 12.2 Å². The monoisotopic (exact) mass is 581 g/mol. The van der Waals surface area contributed by atoms with E-state index in [1.807, 2.05) is 6.08 Å². The minimum absolute atomic E-state index is 0.0912. The molecule has 0 fully saturated rings. The molecule has 0 aromatic rings. The minimum atomic E-state index is -0.811. The van der Waals surface area contributed by atoms with Gasteiger partial charge in [-0.05, 0) is 19.3 Å². The number of hydrogen-bond acceptors (Lipinski definition) is 5. The number of ether oxygens (including phenoxy) is 2. The molecular weight excluding hydrogens is 512 g/mol. The molecule has 1 unspecified atom stereocenters. The molecule has 5 heteroatoms. The molecular formula is C36H68O5. The van der Waals surface area contributed by atoms with Gasteiger partial charge in [-0.3, -0.25) is 4.79 Å². The number of carbonyl (C=O) groups excluding carboxylic acids is 2. The van der Waals surface area contributed by atoms with Crippen molar-refractivity contribution in [3.05, 3.63) is 12.2 Å². The van der Waals surface area contributed by atoms with Gasteiger partial charge in [0, 0.05) is 12.5 Å². The molecule has 0 radical (unpaired) electrons. The second-order valence-corrected chi connectivity index (χ2v) is 12.0. The Morgan fingerprint density at radius 1 is 0.585 bits per heavy atom. The third-order valence-electron chi connectivity index (χ3n) is 7.88. The Hall–Kier alpha value is -1.36. The van der Waals surface area contributed by atoms with Crippen molar-refractivity contribution in [1.29, 1.82) is 0 Å². The van der Waals surface area contributed by atoms with Crippen molar-refractivity contribution in [1.82, 2.24) is 0 Å². The zero-order valence-electron chi connectivity index (χ0n) is 27.3. The van der Waals surface area contributed by atoms with Crippen LogP contribution in [-0.2, 0) is 19.1 Å². The molecule has 1 atom stereocenters. The second kappa shape index (κ2) is 33.1. The van der Waals surface area contributed by atoms with Crippen LogP contribution in [0, 0.1) is 0 Å². The molecule has 0 aromatic carbocycles. The third kappa shape index (κ3) is 31.4. The average Bonchev–Trinajstić information content (AvgIpc) is 2.97. The van der Waals surface area contributed by atoms with E-state index < -0.39 is 12.1 Å². The number of aliphatic hydroxyl groups is 1. The molecule has 0 bridgehead atoms. The number of aliphatic hydroxyl groups excluding tert-OH is 1. The summed E-state index contributed by atoms with van der Waals surface area (Å²) in [4.78, 5) is 24.0. The first-order valence-electron chi connectivity index (χ1n) is 17.8. The Morgan fingerprint density at radius 3 is 1.39 bits per heavy atom. The summed E-state index contributed by atoms with van der Waals surface area (Å²) in [6.07, 6.45) is 35.9. The second-order valence-electron chi connectivity index (χ2n) is 12.0. The van der Waals surface area contributed by atoms with Crippen LogP contribution in [0.2, 0.25) is 0 Å². The normalized spacial score (nSPS) is 12.2. The van der Waals surface area contributed by atoms with E-state index in [4.69, 9.17) is 9.47 Å². The molecule has 0 aliphatic carbocycles. The Morgan fingerprint density at radius 2 is 0.976 bits per heavy atom. The highest BCUT2D eigenvalue weighted by Gasteiger charge is 2.14. The highest BCUT2D eigenvalue weighted by Crippen LogP contribution is 2.14. The summed E-state index contributed by atoms with van der Waals surface area (Å²) in [5.41, 5.74) is 0. The Balaban J connectivity index is 3.59. The standard InChI is InChI=1S/C36H68O5/c1-3-5-7-9-11-13-15-17-18-19-21-23-25-27-29-31-36(39)41-34(32-37)33-40-35(38)30-28-26-24-22-20-16-14-12-10-8-6-4-2/h29,31,34,37H,3-28,30,32-33H2,1-2H3. The fraction of sp³-hybridized carbons (Fsp3) is 0.889. The fourth-order valence-electron chi connectivity index (χ4n) is 5.16. The lowest BCUT2D eigenvalue weighted by molar-refractivity contribution is -0.157. The quantitative estimate of drug-likeness (QED) is 0.0487. The van der Waals surface area contributed by atoms with Gasteiger partial charge in [-0.15, -0.1) is 0 Å². The fourth-order valence-corrected chi connectivity index (χ4v) is 5.16. The molecule has 242 valence electrons.